The number of halogens is 1. The number of allylic oxidation sites excluding steroid dienone is 4. The first-order valence-corrected chi connectivity index (χ1v) is 3.70. The van der Waals surface area contributed by atoms with E-state index in [4.69, 9.17) is 11.6 Å². The topological polar surface area (TPSA) is 43.1 Å². The van der Waals surface area contributed by atoms with Crippen LogP contribution in [-0.4, -0.2) is 4.92 Å². The highest BCUT2D eigenvalue weighted by atomic mass is 35.5. The Morgan fingerprint density at radius 1 is 1.82 bits per heavy atom. The second-order valence-corrected chi connectivity index (χ2v) is 3.00. The number of nitrogens with zero attached hydrogens (tertiary/aromatic N) is 1. The van der Waals surface area contributed by atoms with E-state index in [1.54, 1.807) is 6.08 Å². The Balaban J connectivity index is 2.90. The highest BCUT2D eigenvalue weighted by Gasteiger charge is 2.21. The van der Waals surface area contributed by atoms with Gasteiger partial charge >= 0.3 is 0 Å². The predicted molar refractivity (Wildman–Crippen MR) is 42.8 cm³/mol. The summed E-state index contributed by atoms with van der Waals surface area (Å²) in [6, 6.07) is 0. The van der Waals surface area contributed by atoms with Crippen LogP contribution in [0, 0.1) is 16.0 Å². The van der Waals surface area contributed by atoms with Gasteiger partial charge in [0, 0.05) is 6.42 Å². The lowest BCUT2D eigenvalue weighted by Crippen LogP contribution is -2.07. The van der Waals surface area contributed by atoms with Crippen LogP contribution in [0.5, 0.6) is 0 Å². The summed E-state index contributed by atoms with van der Waals surface area (Å²) >= 11 is 5.59. The van der Waals surface area contributed by atoms with Gasteiger partial charge in [0.15, 0.2) is 0 Å². The molecular weight excluding hydrogens is 166 g/mol. The van der Waals surface area contributed by atoms with Crippen molar-refractivity contribution >= 4 is 11.6 Å². The standard InChI is InChI=1S/C7H8ClNO2/c1-5-2-3-6(8)7(4-5)9(10)11/h2-3,5H,4H2,1H3. The second-order valence-electron chi connectivity index (χ2n) is 2.59. The molecule has 1 rings (SSSR count). The average Bonchev–Trinajstić information content (AvgIpc) is 1.94. The van der Waals surface area contributed by atoms with E-state index in [0.29, 0.717) is 6.42 Å². The van der Waals surface area contributed by atoms with E-state index >= 15 is 0 Å². The molecule has 0 heterocycles. The molecule has 3 nitrogen and oxygen atoms in total. The van der Waals surface area contributed by atoms with Crippen molar-refractivity contribution in [1.82, 2.24) is 0 Å². The minimum atomic E-state index is -0.414. The van der Waals surface area contributed by atoms with Crippen LogP contribution in [0.15, 0.2) is 22.9 Å². The molecule has 1 atom stereocenters. The maximum Gasteiger partial charge on any atom is 0.265 e. The highest BCUT2D eigenvalue weighted by molar-refractivity contribution is 6.31. The molecule has 0 aromatic carbocycles. The van der Waals surface area contributed by atoms with Gasteiger partial charge in [-0.3, -0.25) is 10.1 Å². The summed E-state index contributed by atoms with van der Waals surface area (Å²) in [6.45, 7) is 1.92. The quantitative estimate of drug-likeness (QED) is 0.451. The van der Waals surface area contributed by atoms with Crippen LogP contribution in [0.2, 0.25) is 0 Å². The zero-order valence-corrected chi connectivity index (χ0v) is 6.84. The summed E-state index contributed by atoms with van der Waals surface area (Å²) in [6.07, 6.45) is 3.89. The number of hydrogen-bond donors (Lipinski definition) is 0. The first-order valence-electron chi connectivity index (χ1n) is 3.32. The van der Waals surface area contributed by atoms with Crippen LogP contribution in [0.25, 0.3) is 0 Å². The van der Waals surface area contributed by atoms with E-state index in [1.807, 2.05) is 13.0 Å². The summed E-state index contributed by atoms with van der Waals surface area (Å²) in [5, 5.41) is 10.6. The highest BCUT2D eigenvalue weighted by Crippen LogP contribution is 2.25. The molecule has 0 bridgehead atoms. The fraction of sp³-hybridized carbons (Fsp3) is 0.429. The zero-order chi connectivity index (χ0) is 8.43. The van der Waals surface area contributed by atoms with Crippen molar-refractivity contribution in [3.63, 3.8) is 0 Å². The fourth-order valence-corrected chi connectivity index (χ4v) is 1.20. The molecule has 0 radical (unpaired) electrons. The minimum absolute atomic E-state index is 0.127. The molecule has 0 saturated heterocycles. The second kappa shape index (κ2) is 3.05. The Morgan fingerprint density at radius 2 is 2.45 bits per heavy atom. The Hall–Kier alpha value is -0.830. The smallest absolute Gasteiger partial charge is 0.259 e. The first kappa shape index (κ1) is 8.27. The predicted octanol–water partition coefficient (Wildman–Crippen LogP) is 2.31. The number of hydrogen-bond acceptors (Lipinski definition) is 2. The lowest BCUT2D eigenvalue weighted by Gasteiger charge is -2.08. The van der Waals surface area contributed by atoms with Crippen molar-refractivity contribution in [2.45, 2.75) is 13.3 Å². The van der Waals surface area contributed by atoms with Crippen molar-refractivity contribution in [3.8, 4) is 0 Å². The van der Waals surface area contributed by atoms with Crippen molar-refractivity contribution in [2.75, 3.05) is 0 Å². The van der Waals surface area contributed by atoms with Crippen LogP contribution < -0.4 is 0 Å². The molecule has 0 fully saturated rings. The molecule has 60 valence electrons. The molecule has 0 aromatic heterocycles. The molecule has 0 N–H and O–H groups in total. The van der Waals surface area contributed by atoms with Gasteiger partial charge in [-0.25, -0.2) is 0 Å². The maximum absolute atomic E-state index is 10.3. The SMILES string of the molecule is CC1C=CC(Cl)=C([N+](=O)[O-])C1. The molecule has 11 heavy (non-hydrogen) atoms. The molecule has 0 spiro atoms. The molecule has 0 aromatic rings. The third-order valence-corrected chi connectivity index (χ3v) is 1.93. The summed E-state index contributed by atoms with van der Waals surface area (Å²) in [4.78, 5) is 9.93. The molecule has 1 unspecified atom stereocenters. The Bertz CT molecular complexity index is 245. The van der Waals surface area contributed by atoms with Gasteiger partial charge in [0.1, 0.15) is 5.03 Å². The maximum atomic E-state index is 10.3. The lowest BCUT2D eigenvalue weighted by atomic mass is 10.0. The molecule has 0 amide bonds. The minimum Gasteiger partial charge on any atom is -0.259 e. The Labute approximate surface area is 69.5 Å². The summed E-state index contributed by atoms with van der Waals surface area (Å²) in [7, 11) is 0. The average molecular weight is 174 g/mol. The van der Waals surface area contributed by atoms with E-state index in [9.17, 15) is 10.1 Å². The van der Waals surface area contributed by atoms with E-state index in [1.165, 1.54) is 0 Å². The third-order valence-electron chi connectivity index (χ3n) is 1.58. The van der Waals surface area contributed by atoms with Crippen LogP contribution >= 0.6 is 11.6 Å². The van der Waals surface area contributed by atoms with Crippen molar-refractivity contribution in [3.05, 3.63) is 33.0 Å². The van der Waals surface area contributed by atoms with Crippen molar-refractivity contribution in [1.29, 1.82) is 0 Å². The van der Waals surface area contributed by atoms with Crippen LogP contribution in [-0.2, 0) is 0 Å². The summed E-state index contributed by atoms with van der Waals surface area (Å²) in [5.41, 5.74) is 0.127. The van der Waals surface area contributed by atoms with Crippen molar-refractivity contribution < 1.29 is 4.92 Å². The van der Waals surface area contributed by atoms with Crippen LogP contribution in [0.1, 0.15) is 13.3 Å². The van der Waals surface area contributed by atoms with Gasteiger partial charge in [-0.15, -0.1) is 0 Å². The molecular formula is C7H8ClNO2. The van der Waals surface area contributed by atoms with Crippen molar-refractivity contribution in [2.24, 2.45) is 5.92 Å². The summed E-state index contributed by atoms with van der Waals surface area (Å²) < 4.78 is 0. The largest absolute Gasteiger partial charge is 0.265 e. The molecule has 1 aliphatic carbocycles. The zero-order valence-electron chi connectivity index (χ0n) is 6.08. The summed E-state index contributed by atoms with van der Waals surface area (Å²) in [5.74, 6) is 0.220. The first-order chi connectivity index (χ1) is 5.11. The van der Waals surface area contributed by atoms with E-state index < -0.39 is 4.92 Å². The van der Waals surface area contributed by atoms with E-state index in [0.717, 1.165) is 0 Å². The van der Waals surface area contributed by atoms with Gasteiger partial charge in [0.2, 0.25) is 0 Å². The van der Waals surface area contributed by atoms with Gasteiger partial charge in [-0.2, -0.15) is 0 Å². The normalized spacial score (nSPS) is 24.0. The molecule has 1 aliphatic rings. The molecule has 0 saturated carbocycles. The van der Waals surface area contributed by atoms with Gasteiger partial charge in [-0.1, -0.05) is 24.6 Å². The molecule has 0 aliphatic heterocycles. The Morgan fingerprint density at radius 3 is 2.91 bits per heavy atom. The van der Waals surface area contributed by atoms with Gasteiger partial charge in [0.05, 0.1) is 4.92 Å². The number of rotatable bonds is 1. The molecule has 4 heteroatoms. The Kier molecular flexibility index (Phi) is 2.29. The van der Waals surface area contributed by atoms with Gasteiger partial charge in [0.25, 0.3) is 5.70 Å². The monoisotopic (exact) mass is 173 g/mol. The van der Waals surface area contributed by atoms with Gasteiger partial charge in [-0.05, 0) is 12.0 Å². The lowest BCUT2D eigenvalue weighted by molar-refractivity contribution is -0.429. The fourth-order valence-electron chi connectivity index (χ4n) is 0.977. The van der Waals surface area contributed by atoms with Gasteiger partial charge < -0.3 is 0 Å². The van der Waals surface area contributed by atoms with E-state index in [2.05, 4.69) is 0 Å². The van der Waals surface area contributed by atoms with Crippen LogP contribution in [0.4, 0.5) is 0 Å². The van der Waals surface area contributed by atoms with E-state index in [-0.39, 0.29) is 16.6 Å². The number of nitro groups is 1. The van der Waals surface area contributed by atoms with Crippen LogP contribution in [0.3, 0.4) is 0 Å². The third kappa shape index (κ3) is 1.80.